The summed E-state index contributed by atoms with van der Waals surface area (Å²) >= 11 is 12.5. The molecule has 10 heteroatoms. The molecule has 0 radical (unpaired) electrons. The molecule has 8 nitrogen and oxygen atoms in total. The number of H-pyrrole nitrogens is 1. The zero-order valence-electron chi connectivity index (χ0n) is 17.6. The van der Waals surface area contributed by atoms with Crippen LogP contribution in [0.5, 0.6) is 0 Å². The summed E-state index contributed by atoms with van der Waals surface area (Å²) in [6, 6.07) is 11.7. The Balaban J connectivity index is 1.39. The van der Waals surface area contributed by atoms with E-state index in [1.165, 1.54) is 23.7 Å². The number of likely N-dealkylation sites (N-methyl/N-ethyl adjacent to an activating group) is 1. The average Bonchev–Trinajstić information content (AvgIpc) is 3.33. The number of likely N-dealkylation sites (tertiary alicyclic amines) is 1. The summed E-state index contributed by atoms with van der Waals surface area (Å²) in [4.78, 5) is 26.8. The molecule has 3 heterocycles. The van der Waals surface area contributed by atoms with Crippen molar-refractivity contribution in [3.63, 3.8) is 0 Å². The van der Waals surface area contributed by atoms with Crippen LogP contribution in [-0.2, 0) is 0 Å². The summed E-state index contributed by atoms with van der Waals surface area (Å²) in [5.41, 5.74) is 3.48. The summed E-state index contributed by atoms with van der Waals surface area (Å²) in [6.45, 7) is 1.11. The second-order valence-corrected chi connectivity index (χ2v) is 9.31. The van der Waals surface area contributed by atoms with Crippen LogP contribution >= 0.6 is 23.2 Å². The van der Waals surface area contributed by atoms with Crippen molar-refractivity contribution in [2.45, 2.75) is 18.4 Å². The lowest BCUT2D eigenvalue weighted by Crippen LogP contribution is -2.34. The van der Waals surface area contributed by atoms with Crippen LogP contribution in [0.3, 0.4) is 0 Å². The lowest BCUT2D eigenvalue weighted by molar-refractivity contribution is 0.307. The van der Waals surface area contributed by atoms with E-state index in [-0.39, 0.29) is 26.9 Å². The standard InChI is InChI=1S/C23H19Cl2N7O/c1-31-10-11-7-18(31)14-8-12(5-6-13(11)14)28-22-27-9-15-20(26)32(23(33)30-21(15)29-22)19-16(24)3-2-4-17(19)25/h2-6,8-9,11,18,26H,7,10H2,1H3,(H2,27,28,29,30,33). The van der Waals surface area contributed by atoms with Gasteiger partial charge in [-0.15, -0.1) is 0 Å². The molecule has 6 rings (SSSR count). The molecule has 0 spiro atoms. The molecule has 2 bridgehead atoms. The van der Waals surface area contributed by atoms with Crippen molar-refractivity contribution in [1.29, 1.82) is 5.41 Å². The van der Waals surface area contributed by atoms with E-state index in [1.807, 2.05) is 6.07 Å². The molecule has 2 aromatic heterocycles. The molecule has 33 heavy (non-hydrogen) atoms. The Morgan fingerprint density at radius 1 is 1.18 bits per heavy atom. The zero-order valence-corrected chi connectivity index (χ0v) is 19.1. The molecule has 166 valence electrons. The molecule has 4 aromatic rings. The van der Waals surface area contributed by atoms with E-state index < -0.39 is 5.69 Å². The van der Waals surface area contributed by atoms with Crippen molar-refractivity contribution in [3.8, 4) is 5.69 Å². The lowest BCUT2D eigenvalue weighted by atomic mass is 9.99. The van der Waals surface area contributed by atoms with Gasteiger partial charge in [0.15, 0.2) is 5.65 Å². The second kappa shape index (κ2) is 7.41. The zero-order chi connectivity index (χ0) is 22.9. The van der Waals surface area contributed by atoms with Crippen molar-refractivity contribution in [2.75, 3.05) is 18.9 Å². The molecule has 1 saturated heterocycles. The number of aromatic nitrogens is 4. The third kappa shape index (κ3) is 3.17. The number of nitrogens with zero attached hydrogens (tertiary/aromatic N) is 4. The van der Waals surface area contributed by atoms with Gasteiger partial charge in [0, 0.05) is 24.5 Å². The van der Waals surface area contributed by atoms with Gasteiger partial charge in [0.25, 0.3) is 0 Å². The maximum absolute atomic E-state index is 12.8. The van der Waals surface area contributed by atoms with Gasteiger partial charge in [-0.1, -0.05) is 35.3 Å². The Kier molecular flexibility index (Phi) is 4.58. The van der Waals surface area contributed by atoms with Crippen molar-refractivity contribution >= 4 is 45.9 Å². The molecular weight excluding hydrogens is 461 g/mol. The van der Waals surface area contributed by atoms with Crippen LogP contribution < -0.4 is 16.5 Å². The first kappa shape index (κ1) is 20.4. The quantitative estimate of drug-likeness (QED) is 0.410. The molecule has 1 fully saturated rings. The molecular formula is C23H19Cl2N7O. The number of fused-ring (bicyclic) bond motifs is 6. The highest BCUT2D eigenvalue weighted by molar-refractivity contribution is 6.37. The summed E-state index contributed by atoms with van der Waals surface area (Å²) in [7, 11) is 2.16. The second-order valence-electron chi connectivity index (χ2n) is 8.50. The fraction of sp³-hybridized carbons (Fsp3) is 0.217. The van der Waals surface area contributed by atoms with Gasteiger partial charge in [-0.25, -0.2) is 14.3 Å². The third-order valence-corrected chi connectivity index (χ3v) is 7.16. The lowest BCUT2D eigenvalue weighted by Gasteiger charge is -2.25. The minimum atomic E-state index is -0.566. The van der Waals surface area contributed by atoms with Gasteiger partial charge in [0.1, 0.15) is 5.49 Å². The first-order chi connectivity index (χ1) is 15.9. The van der Waals surface area contributed by atoms with Crippen LogP contribution in [0.25, 0.3) is 16.7 Å². The maximum atomic E-state index is 12.8. The predicted molar refractivity (Wildman–Crippen MR) is 128 cm³/mol. The molecule has 2 atom stereocenters. The minimum Gasteiger partial charge on any atom is -0.324 e. The molecule has 1 aliphatic carbocycles. The van der Waals surface area contributed by atoms with E-state index in [2.05, 4.69) is 44.3 Å². The monoisotopic (exact) mass is 479 g/mol. The van der Waals surface area contributed by atoms with Gasteiger partial charge in [0.2, 0.25) is 5.95 Å². The fourth-order valence-corrected chi connectivity index (χ4v) is 5.60. The van der Waals surface area contributed by atoms with Crippen LogP contribution in [0, 0.1) is 5.41 Å². The number of aromatic amines is 1. The number of rotatable bonds is 3. The van der Waals surface area contributed by atoms with E-state index >= 15 is 0 Å². The van der Waals surface area contributed by atoms with Crippen LogP contribution in [-0.4, -0.2) is 38.0 Å². The highest BCUT2D eigenvalue weighted by Crippen LogP contribution is 2.50. The van der Waals surface area contributed by atoms with Gasteiger partial charge >= 0.3 is 5.69 Å². The molecule has 0 amide bonds. The number of hydrogen-bond donors (Lipinski definition) is 3. The molecule has 2 aromatic carbocycles. The Bertz CT molecular complexity index is 1540. The van der Waals surface area contributed by atoms with Gasteiger partial charge in [-0.3, -0.25) is 15.3 Å². The van der Waals surface area contributed by atoms with Gasteiger partial charge in [0.05, 0.1) is 21.1 Å². The van der Waals surface area contributed by atoms with Crippen LogP contribution in [0.2, 0.25) is 10.0 Å². The van der Waals surface area contributed by atoms with Gasteiger partial charge in [-0.05, 0) is 54.8 Å². The average molecular weight is 480 g/mol. The van der Waals surface area contributed by atoms with Crippen LogP contribution in [0.4, 0.5) is 11.6 Å². The van der Waals surface area contributed by atoms with E-state index in [1.54, 1.807) is 18.2 Å². The number of para-hydroxylation sites is 1. The number of benzene rings is 2. The fourth-order valence-electron chi connectivity index (χ4n) is 5.04. The Morgan fingerprint density at radius 3 is 2.76 bits per heavy atom. The summed E-state index contributed by atoms with van der Waals surface area (Å²) < 4.78 is 1.12. The van der Waals surface area contributed by atoms with Crippen LogP contribution in [0.1, 0.15) is 29.5 Å². The summed E-state index contributed by atoms with van der Waals surface area (Å²) in [5.74, 6) is 0.947. The molecule has 3 N–H and O–H groups in total. The van der Waals surface area contributed by atoms with E-state index in [4.69, 9.17) is 28.6 Å². The topological polar surface area (TPSA) is 103 Å². The Labute approximate surface area is 198 Å². The first-order valence-corrected chi connectivity index (χ1v) is 11.3. The predicted octanol–water partition coefficient (Wildman–Crippen LogP) is 4.11. The third-order valence-electron chi connectivity index (χ3n) is 6.55. The maximum Gasteiger partial charge on any atom is 0.333 e. The highest BCUT2D eigenvalue weighted by atomic mass is 35.5. The molecule has 0 saturated carbocycles. The Hall–Kier alpha value is -3.20. The summed E-state index contributed by atoms with van der Waals surface area (Å²) in [6.07, 6.45) is 2.68. The SMILES string of the molecule is CN1CC2CC1c1cc(Nc3ncc4c(=N)n(-c5c(Cl)cccc5Cl)c(=O)[nH]c4n3)ccc12. The van der Waals surface area contributed by atoms with E-state index in [0.717, 1.165) is 16.8 Å². The molecule has 2 aliphatic rings. The smallest absolute Gasteiger partial charge is 0.324 e. The van der Waals surface area contributed by atoms with Crippen molar-refractivity contribution in [2.24, 2.45) is 0 Å². The van der Waals surface area contributed by atoms with Crippen molar-refractivity contribution in [1.82, 2.24) is 24.4 Å². The van der Waals surface area contributed by atoms with E-state index in [9.17, 15) is 4.79 Å². The number of hydrogen-bond acceptors (Lipinski definition) is 6. The number of nitrogens with one attached hydrogen (secondary N) is 3. The van der Waals surface area contributed by atoms with Crippen molar-refractivity contribution < 1.29 is 0 Å². The van der Waals surface area contributed by atoms with Gasteiger partial charge < -0.3 is 5.32 Å². The van der Waals surface area contributed by atoms with Crippen molar-refractivity contribution in [3.05, 3.63) is 79.7 Å². The first-order valence-electron chi connectivity index (χ1n) is 10.5. The van der Waals surface area contributed by atoms with E-state index in [0.29, 0.717) is 23.3 Å². The number of anilines is 2. The largest absolute Gasteiger partial charge is 0.333 e. The minimum absolute atomic E-state index is 0.105. The summed E-state index contributed by atoms with van der Waals surface area (Å²) in [5, 5.41) is 12.7. The molecule has 2 unspecified atom stereocenters. The normalized spacial score (nSPS) is 19.2. The van der Waals surface area contributed by atoms with Gasteiger partial charge in [-0.2, -0.15) is 4.98 Å². The number of halogens is 2. The Morgan fingerprint density at radius 2 is 1.97 bits per heavy atom. The highest BCUT2D eigenvalue weighted by Gasteiger charge is 2.40. The molecule has 1 aliphatic heterocycles. The van der Waals surface area contributed by atoms with Crippen LogP contribution in [0.15, 0.2) is 47.4 Å².